The van der Waals surface area contributed by atoms with E-state index in [1.807, 2.05) is 0 Å². The maximum Gasteiger partial charge on any atom is 0.0896 e. The third-order valence-electron chi connectivity index (χ3n) is 1.71. The predicted octanol–water partition coefficient (Wildman–Crippen LogP) is 1.71. The number of hydrogen-bond acceptors (Lipinski definition) is 3. The number of rotatable bonds is 1. The Morgan fingerprint density at radius 2 is 2.23 bits per heavy atom. The molecule has 0 aliphatic heterocycles. The molecule has 0 spiro atoms. The van der Waals surface area contributed by atoms with Gasteiger partial charge in [0.05, 0.1) is 22.6 Å². The van der Waals surface area contributed by atoms with Crippen molar-refractivity contribution in [1.82, 2.24) is 15.2 Å². The van der Waals surface area contributed by atoms with Gasteiger partial charge in [-0.1, -0.05) is 11.6 Å². The van der Waals surface area contributed by atoms with E-state index in [1.54, 1.807) is 24.7 Å². The fourth-order valence-corrected chi connectivity index (χ4v) is 1.30. The monoisotopic (exact) mass is 194 g/mol. The molecule has 5 heteroatoms. The molecule has 2 aromatic rings. The predicted molar refractivity (Wildman–Crippen MR) is 51.2 cm³/mol. The van der Waals surface area contributed by atoms with Gasteiger partial charge in [0.1, 0.15) is 0 Å². The van der Waals surface area contributed by atoms with Crippen LogP contribution in [0.1, 0.15) is 0 Å². The lowest BCUT2D eigenvalue weighted by molar-refractivity contribution is 1.09. The third kappa shape index (κ3) is 1.36. The molecule has 66 valence electrons. The smallest absolute Gasteiger partial charge is 0.0896 e. The molecule has 0 unspecified atom stereocenters. The van der Waals surface area contributed by atoms with Crippen LogP contribution < -0.4 is 5.73 Å². The van der Waals surface area contributed by atoms with Crippen LogP contribution in [0.3, 0.4) is 0 Å². The number of nitrogens with zero attached hydrogens (tertiary/aromatic N) is 2. The number of nitrogens with one attached hydrogen (secondary N) is 1. The van der Waals surface area contributed by atoms with E-state index in [0.717, 1.165) is 11.3 Å². The quantitative estimate of drug-likeness (QED) is 0.726. The van der Waals surface area contributed by atoms with Crippen molar-refractivity contribution >= 4 is 17.3 Å². The van der Waals surface area contributed by atoms with Crippen LogP contribution in [-0.4, -0.2) is 15.2 Å². The summed E-state index contributed by atoms with van der Waals surface area (Å²) in [6.07, 6.45) is 4.77. The summed E-state index contributed by atoms with van der Waals surface area (Å²) in [7, 11) is 0. The molecule has 0 radical (unpaired) electrons. The molecule has 0 aromatic carbocycles. The van der Waals surface area contributed by atoms with Crippen molar-refractivity contribution in [3.8, 4) is 11.3 Å². The van der Waals surface area contributed by atoms with Gasteiger partial charge in [-0.05, 0) is 6.07 Å². The van der Waals surface area contributed by atoms with Crippen molar-refractivity contribution in [3.05, 3.63) is 29.7 Å². The first-order valence-electron chi connectivity index (χ1n) is 3.68. The zero-order chi connectivity index (χ0) is 9.26. The van der Waals surface area contributed by atoms with Gasteiger partial charge in [0.25, 0.3) is 0 Å². The van der Waals surface area contributed by atoms with Gasteiger partial charge in [-0.25, -0.2) is 0 Å². The number of H-pyrrole nitrogens is 1. The first-order valence-corrected chi connectivity index (χ1v) is 4.05. The Labute approximate surface area is 79.7 Å². The fourth-order valence-electron chi connectivity index (χ4n) is 1.09. The number of aromatic nitrogens is 3. The van der Waals surface area contributed by atoms with Crippen LogP contribution in [0.25, 0.3) is 11.3 Å². The van der Waals surface area contributed by atoms with Crippen LogP contribution in [0, 0.1) is 0 Å². The highest BCUT2D eigenvalue weighted by Gasteiger charge is 2.07. The number of anilines is 1. The van der Waals surface area contributed by atoms with Crippen molar-refractivity contribution < 1.29 is 0 Å². The molecule has 0 bridgehead atoms. The van der Waals surface area contributed by atoms with E-state index in [2.05, 4.69) is 15.2 Å². The minimum Gasteiger partial charge on any atom is -0.396 e. The maximum atomic E-state index is 5.92. The van der Waals surface area contributed by atoms with E-state index < -0.39 is 0 Å². The van der Waals surface area contributed by atoms with Gasteiger partial charge in [0.2, 0.25) is 0 Å². The second-order valence-corrected chi connectivity index (χ2v) is 2.96. The Morgan fingerprint density at radius 1 is 1.38 bits per heavy atom. The number of hydrogen-bond donors (Lipinski definition) is 2. The largest absolute Gasteiger partial charge is 0.396 e. The van der Waals surface area contributed by atoms with Crippen LogP contribution in [0.15, 0.2) is 24.7 Å². The van der Waals surface area contributed by atoms with E-state index in [0.29, 0.717) is 10.7 Å². The molecule has 0 aliphatic rings. The van der Waals surface area contributed by atoms with E-state index in [1.165, 1.54) is 0 Å². The number of halogens is 1. The molecule has 2 rings (SSSR count). The van der Waals surface area contributed by atoms with Crippen LogP contribution in [-0.2, 0) is 0 Å². The molecule has 0 fully saturated rings. The lowest BCUT2D eigenvalue weighted by Crippen LogP contribution is -1.87. The van der Waals surface area contributed by atoms with Crippen LogP contribution in [0.2, 0.25) is 5.02 Å². The average Bonchev–Trinajstić information content (AvgIpc) is 2.52. The molecule has 3 N–H and O–H groups in total. The van der Waals surface area contributed by atoms with Crippen LogP contribution >= 0.6 is 11.6 Å². The Kier molecular flexibility index (Phi) is 1.90. The van der Waals surface area contributed by atoms with Gasteiger partial charge in [0, 0.05) is 18.0 Å². The van der Waals surface area contributed by atoms with Gasteiger partial charge in [-0.15, -0.1) is 0 Å². The minimum atomic E-state index is 0.554. The molecule has 2 heterocycles. The molecule has 0 aliphatic carbocycles. The summed E-state index contributed by atoms with van der Waals surface area (Å²) in [5.41, 5.74) is 7.79. The van der Waals surface area contributed by atoms with E-state index >= 15 is 0 Å². The van der Waals surface area contributed by atoms with Gasteiger partial charge >= 0.3 is 0 Å². The second kappa shape index (κ2) is 3.06. The summed E-state index contributed by atoms with van der Waals surface area (Å²) in [5, 5.41) is 7.14. The SMILES string of the molecule is Nc1cn[nH]c1-c1ccncc1Cl. The summed E-state index contributed by atoms with van der Waals surface area (Å²) in [6.45, 7) is 0. The molecule has 0 saturated carbocycles. The average molecular weight is 195 g/mol. The summed E-state index contributed by atoms with van der Waals surface area (Å²) in [5.74, 6) is 0. The van der Waals surface area contributed by atoms with Crippen molar-refractivity contribution in [3.63, 3.8) is 0 Å². The standard InChI is InChI=1S/C8H7ClN4/c9-6-3-11-2-1-5(6)8-7(10)4-12-13-8/h1-4H,10H2,(H,12,13). The molecule has 2 aromatic heterocycles. The van der Waals surface area contributed by atoms with Crippen molar-refractivity contribution in [2.75, 3.05) is 5.73 Å². The van der Waals surface area contributed by atoms with Crippen molar-refractivity contribution in [2.45, 2.75) is 0 Å². The molecule has 4 nitrogen and oxygen atoms in total. The molecule has 13 heavy (non-hydrogen) atoms. The molecule has 0 atom stereocenters. The number of aromatic amines is 1. The molecular weight excluding hydrogens is 188 g/mol. The zero-order valence-electron chi connectivity index (χ0n) is 6.66. The first-order chi connectivity index (χ1) is 6.29. The Morgan fingerprint density at radius 3 is 2.85 bits per heavy atom. The zero-order valence-corrected chi connectivity index (χ0v) is 7.42. The highest BCUT2D eigenvalue weighted by molar-refractivity contribution is 6.33. The van der Waals surface area contributed by atoms with E-state index in [4.69, 9.17) is 17.3 Å². The van der Waals surface area contributed by atoms with Crippen molar-refractivity contribution in [2.24, 2.45) is 0 Å². The normalized spacial score (nSPS) is 10.2. The minimum absolute atomic E-state index is 0.554. The van der Waals surface area contributed by atoms with Gasteiger partial charge in [0.15, 0.2) is 0 Å². The van der Waals surface area contributed by atoms with Gasteiger partial charge in [-0.3, -0.25) is 10.1 Å². The van der Waals surface area contributed by atoms with Crippen molar-refractivity contribution in [1.29, 1.82) is 0 Å². The summed E-state index contributed by atoms with van der Waals surface area (Å²) in [6, 6.07) is 1.78. The lowest BCUT2D eigenvalue weighted by atomic mass is 10.2. The Bertz CT molecular complexity index is 424. The Balaban J connectivity index is 2.59. The number of pyridine rings is 1. The van der Waals surface area contributed by atoms with Crippen LogP contribution in [0.4, 0.5) is 5.69 Å². The van der Waals surface area contributed by atoms with E-state index in [-0.39, 0.29) is 0 Å². The molecule has 0 saturated heterocycles. The van der Waals surface area contributed by atoms with Gasteiger partial charge < -0.3 is 5.73 Å². The highest BCUT2D eigenvalue weighted by atomic mass is 35.5. The summed E-state index contributed by atoms with van der Waals surface area (Å²) >= 11 is 5.92. The van der Waals surface area contributed by atoms with Gasteiger partial charge in [-0.2, -0.15) is 5.10 Å². The maximum absolute atomic E-state index is 5.92. The second-order valence-electron chi connectivity index (χ2n) is 2.56. The number of nitrogen functional groups attached to an aromatic ring is 1. The Hall–Kier alpha value is -1.55. The molecule has 0 amide bonds. The topological polar surface area (TPSA) is 67.6 Å². The summed E-state index contributed by atoms with van der Waals surface area (Å²) in [4.78, 5) is 3.88. The first kappa shape index (κ1) is 8.07. The van der Waals surface area contributed by atoms with Crippen LogP contribution in [0.5, 0.6) is 0 Å². The lowest BCUT2D eigenvalue weighted by Gasteiger charge is -2.00. The molecular formula is C8H7ClN4. The summed E-state index contributed by atoms with van der Waals surface area (Å²) < 4.78 is 0. The number of nitrogens with two attached hydrogens (primary N) is 1. The highest BCUT2D eigenvalue weighted by Crippen LogP contribution is 2.28. The third-order valence-corrected chi connectivity index (χ3v) is 2.01. The van der Waals surface area contributed by atoms with E-state index in [9.17, 15) is 0 Å². The fraction of sp³-hybridized carbons (Fsp3) is 0.